The number of carboxylic acids is 1. The largest absolute Gasteiger partial charge is 0.481 e. The van der Waals surface area contributed by atoms with Crippen molar-refractivity contribution in [3.8, 4) is 0 Å². The van der Waals surface area contributed by atoms with E-state index in [9.17, 15) is 4.79 Å². The molecule has 0 atom stereocenters. The van der Waals surface area contributed by atoms with E-state index in [0.29, 0.717) is 6.04 Å². The van der Waals surface area contributed by atoms with E-state index < -0.39 is 5.97 Å². The molecule has 2 rings (SSSR count). The lowest BCUT2D eigenvalue weighted by molar-refractivity contribution is -0.133. The fraction of sp³-hybridized carbons (Fsp3) is 0.692. The van der Waals surface area contributed by atoms with Gasteiger partial charge in [-0.3, -0.25) is 4.79 Å². The molecular formula is C13H20N2O2S. The van der Waals surface area contributed by atoms with Crippen LogP contribution in [0.5, 0.6) is 0 Å². The Morgan fingerprint density at radius 2 is 2.22 bits per heavy atom. The zero-order chi connectivity index (χ0) is 13.0. The summed E-state index contributed by atoms with van der Waals surface area (Å²) in [6, 6.07) is 0.521. The van der Waals surface area contributed by atoms with Crippen molar-refractivity contribution >= 4 is 17.7 Å². The summed E-state index contributed by atoms with van der Waals surface area (Å²) in [7, 11) is 0. The third-order valence-electron chi connectivity index (χ3n) is 3.47. The fourth-order valence-electron chi connectivity index (χ4n) is 2.60. The van der Waals surface area contributed by atoms with Crippen molar-refractivity contribution in [2.45, 2.75) is 56.6 Å². The van der Waals surface area contributed by atoms with E-state index in [1.54, 1.807) is 0 Å². The zero-order valence-electron chi connectivity index (χ0n) is 10.8. The molecule has 0 aromatic carbocycles. The number of aryl methyl sites for hydroxylation is 1. The number of aromatic nitrogens is 2. The normalized spacial score (nSPS) is 16.9. The van der Waals surface area contributed by atoms with Crippen LogP contribution in [0.4, 0.5) is 0 Å². The van der Waals surface area contributed by atoms with Crippen LogP contribution in [0.3, 0.4) is 0 Å². The van der Waals surface area contributed by atoms with Gasteiger partial charge in [-0.05, 0) is 19.3 Å². The lowest BCUT2D eigenvalue weighted by atomic mass is 9.95. The second-order valence-electron chi connectivity index (χ2n) is 4.73. The quantitative estimate of drug-likeness (QED) is 0.834. The molecule has 1 aromatic rings. The lowest BCUT2D eigenvalue weighted by Gasteiger charge is -2.26. The molecule has 1 aromatic heterocycles. The number of imidazole rings is 1. The third-order valence-corrected chi connectivity index (χ3v) is 4.42. The van der Waals surface area contributed by atoms with Crippen molar-refractivity contribution in [1.29, 1.82) is 0 Å². The Morgan fingerprint density at radius 3 is 2.83 bits per heavy atom. The van der Waals surface area contributed by atoms with Crippen LogP contribution in [0.15, 0.2) is 11.4 Å². The SMILES string of the molecule is CCc1cnc(SCC(=O)O)n1C1CCCCC1. The highest BCUT2D eigenvalue weighted by Crippen LogP contribution is 2.33. The number of hydrogen-bond donors (Lipinski definition) is 1. The van der Waals surface area contributed by atoms with Crippen LogP contribution >= 0.6 is 11.8 Å². The van der Waals surface area contributed by atoms with E-state index >= 15 is 0 Å². The summed E-state index contributed by atoms with van der Waals surface area (Å²) >= 11 is 1.34. The van der Waals surface area contributed by atoms with Crippen LogP contribution in [0.25, 0.3) is 0 Å². The number of nitrogens with zero attached hydrogens (tertiary/aromatic N) is 2. The van der Waals surface area contributed by atoms with Crippen molar-refractivity contribution < 1.29 is 9.90 Å². The Kier molecular flexibility index (Phi) is 4.69. The summed E-state index contributed by atoms with van der Waals surface area (Å²) in [6.45, 7) is 2.13. The molecule has 1 aliphatic rings. The maximum absolute atomic E-state index is 10.7. The molecule has 0 amide bonds. The summed E-state index contributed by atoms with van der Waals surface area (Å²) in [5.41, 5.74) is 1.23. The molecule has 1 saturated carbocycles. The van der Waals surface area contributed by atoms with Gasteiger partial charge in [-0.2, -0.15) is 0 Å². The van der Waals surface area contributed by atoms with Gasteiger partial charge >= 0.3 is 5.97 Å². The first-order valence-electron chi connectivity index (χ1n) is 6.63. The van der Waals surface area contributed by atoms with Gasteiger partial charge in [0.1, 0.15) is 0 Å². The van der Waals surface area contributed by atoms with Crippen molar-refractivity contribution in [2.24, 2.45) is 0 Å². The second-order valence-corrected chi connectivity index (χ2v) is 5.67. The molecule has 0 aliphatic heterocycles. The predicted molar refractivity (Wildman–Crippen MR) is 72.1 cm³/mol. The van der Waals surface area contributed by atoms with Gasteiger partial charge in [0.05, 0.1) is 5.75 Å². The van der Waals surface area contributed by atoms with Gasteiger partial charge in [-0.15, -0.1) is 0 Å². The van der Waals surface area contributed by atoms with E-state index in [0.717, 1.165) is 11.6 Å². The van der Waals surface area contributed by atoms with Crippen molar-refractivity contribution in [3.63, 3.8) is 0 Å². The molecule has 1 heterocycles. The van der Waals surface area contributed by atoms with E-state index in [1.165, 1.54) is 49.6 Å². The Hall–Kier alpha value is -0.970. The van der Waals surface area contributed by atoms with E-state index in [4.69, 9.17) is 5.11 Å². The number of hydrogen-bond acceptors (Lipinski definition) is 3. The zero-order valence-corrected chi connectivity index (χ0v) is 11.6. The molecule has 0 saturated heterocycles. The number of carbonyl (C=O) groups is 1. The third kappa shape index (κ3) is 3.07. The number of carboxylic acid groups (broad SMARTS) is 1. The maximum atomic E-state index is 10.7. The summed E-state index contributed by atoms with van der Waals surface area (Å²) in [5, 5.41) is 9.66. The standard InChI is InChI=1S/C13H20N2O2S/c1-2-10-8-14-13(18-9-12(16)17)15(10)11-6-4-3-5-7-11/h8,11H,2-7,9H2,1H3,(H,16,17). The Balaban J connectivity index is 2.18. The molecule has 5 heteroatoms. The molecule has 0 radical (unpaired) electrons. The van der Waals surface area contributed by atoms with Gasteiger partial charge in [0.2, 0.25) is 0 Å². The molecule has 1 N–H and O–H groups in total. The van der Waals surface area contributed by atoms with Crippen LogP contribution in [0, 0.1) is 0 Å². The average molecular weight is 268 g/mol. The van der Waals surface area contributed by atoms with Crippen molar-refractivity contribution in [1.82, 2.24) is 9.55 Å². The summed E-state index contributed by atoms with van der Waals surface area (Å²) < 4.78 is 2.28. The molecule has 4 nitrogen and oxygen atoms in total. The summed E-state index contributed by atoms with van der Waals surface area (Å²) in [6.07, 6.45) is 9.12. The Morgan fingerprint density at radius 1 is 1.50 bits per heavy atom. The second kappa shape index (κ2) is 6.27. The highest BCUT2D eigenvalue weighted by molar-refractivity contribution is 7.99. The van der Waals surface area contributed by atoms with E-state index in [2.05, 4.69) is 16.5 Å². The van der Waals surface area contributed by atoms with Gasteiger partial charge in [0.15, 0.2) is 5.16 Å². The molecule has 0 unspecified atom stereocenters. The van der Waals surface area contributed by atoms with Crippen LogP contribution in [-0.2, 0) is 11.2 Å². The summed E-state index contributed by atoms with van der Waals surface area (Å²) in [4.78, 5) is 15.1. The minimum absolute atomic E-state index is 0.0902. The van der Waals surface area contributed by atoms with Gasteiger partial charge in [0.25, 0.3) is 0 Å². The summed E-state index contributed by atoms with van der Waals surface area (Å²) in [5.74, 6) is -0.691. The highest BCUT2D eigenvalue weighted by Gasteiger charge is 2.21. The molecule has 0 spiro atoms. The maximum Gasteiger partial charge on any atom is 0.313 e. The predicted octanol–water partition coefficient (Wildman–Crippen LogP) is 3.13. The lowest BCUT2D eigenvalue weighted by Crippen LogP contribution is -2.16. The molecule has 100 valence electrons. The average Bonchev–Trinajstić information content (AvgIpc) is 2.80. The number of thioether (sulfide) groups is 1. The highest BCUT2D eigenvalue weighted by atomic mass is 32.2. The van der Waals surface area contributed by atoms with Crippen molar-refractivity contribution in [3.05, 3.63) is 11.9 Å². The monoisotopic (exact) mass is 268 g/mol. The Labute approximate surface area is 112 Å². The first-order chi connectivity index (χ1) is 8.72. The van der Waals surface area contributed by atoms with Crippen LogP contribution in [-0.4, -0.2) is 26.4 Å². The first kappa shape index (κ1) is 13.5. The molecule has 0 bridgehead atoms. The first-order valence-corrected chi connectivity index (χ1v) is 7.61. The van der Waals surface area contributed by atoms with Gasteiger partial charge in [-0.1, -0.05) is 37.9 Å². The molecular weight excluding hydrogens is 248 g/mol. The van der Waals surface area contributed by atoms with Gasteiger partial charge < -0.3 is 9.67 Å². The number of rotatable bonds is 5. The van der Waals surface area contributed by atoms with Crippen LogP contribution in [0.2, 0.25) is 0 Å². The fourth-order valence-corrected chi connectivity index (χ4v) is 3.39. The Bertz CT molecular complexity index is 411. The molecule has 1 aliphatic carbocycles. The topological polar surface area (TPSA) is 55.1 Å². The van der Waals surface area contributed by atoms with Gasteiger partial charge in [0, 0.05) is 17.9 Å². The number of aliphatic carboxylic acids is 1. The smallest absolute Gasteiger partial charge is 0.313 e. The van der Waals surface area contributed by atoms with Crippen molar-refractivity contribution in [2.75, 3.05) is 5.75 Å². The van der Waals surface area contributed by atoms with E-state index in [1.807, 2.05) is 6.20 Å². The van der Waals surface area contributed by atoms with Gasteiger partial charge in [-0.25, -0.2) is 4.98 Å². The molecule has 1 fully saturated rings. The minimum Gasteiger partial charge on any atom is -0.481 e. The van der Waals surface area contributed by atoms with E-state index in [-0.39, 0.29) is 5.75 Å². The molecule has 18 heavy (non-hydrogen) atoms. The van der Waals surface area contributed by atoms with Crippen LogP contribution < -0.4 is 0 Å². The minimum atomic E-state index is -0.781. The van der Waals surface area contributed by atoms with Crippen LogP contribution in [0.1, 0.15) is 50.8 Å².